The number of methoxy groups -OCH3 is 4. The summed E-state index contributed by atoms with van der Waals surface area (Å²) in [6, 6.07) is 11.2. The van der Waals surface area contributed by atoms with Crippen molar-refractivity contribution in [3.05, 3.63) is 70.0 Å². The average molecular weight is 565 g/mol. The molecule has 1 aliphatic carbocycles. The highest BCUT2D eigenvalue weighted by molar-refractivity contribution is 6.33. The van der Waals surface area contributed by atoms with Gasteiger partial charge >= 0.3 is 0 Å². The highest BCUT2D eigenvalue weighted by Gasteiger charge is 2.45. The Balaban J connectivity index is 1.60. The number of carbonyl (C=O) groups is 1. The smallest absolute Gasteiger partial charge is 0.296 e. The van der Waals surface area contributed by atoms with Crippen molar-refractivity contribution in [2.45, 2.75) is 38.8 Å². The Hall–Kier alpha value is -3.98. The summed E-state index contributed by atoms with van der Waals surface area (Å²) in [6.07, 6.45) is 6.46. The van der Waals surface area contributed by atoms with Crippen LogP contribution in [0.25, 0.3) is 6.08 Å². The van der Waals surface area contributed by atoms with Gasteiger partial charge in [0, 0.05) is 18.7 Å². The number of benzene rings is 2. The number of ether oxygens (including phenoxy) is 4. The first kappa shape index (κ1) is 27.6. The summed E-state index contributed by atoms with van der Waals surface area (Å²) in [5.74, 6) is 2.16. The summed E-state index contributed by atoms with van der Waals surface area (Å²) in [6.45, 7) is 2.54. The summed E-state index contributed by atoms with van der Waals surface area (Å²) in [5.41, 5.74) is 4.01. The fourth-order valence-corrected chi connectivity index (χ4v) is 5.73. The number of hydrogen-bond acceptors (Lipinski definition) is 7. The Bertz CT molecular complexity index is 1480. The lowest BCUT2D eigenvalue weighted by Crippen LogP contribution is -2.32. The Morgan fingerprint density at radius 1 is 1.00 bits per heavy atom. The Labute approximate surface area is 238 Å². The van der Waals surface area contributed by atoms with Crippen molar-refractivity contribution in [2.75, 3.05) is 28.4 Å². The van der Waals surface area contributed by atoms with E-state index in [-0.39, 0.29) is 23.6 Å². The highest BCUT2D eigenvalue weighted by Crippen LogP contribution is 2.46. The van der Waals surface area contributed by atoms with Crippen LogP contribution in [0, 0.1) is 5.92 Å². The van der Waals surface area contributed by atoms with Gasteiger partial charge in [-0.2, -0.15) is 10.2 Å². The van der Waals surface area contributed by atoms with Crippen LogP contribution in [-0.2, 0) is 6.54 Å². The van der Waals surface area contributed by atoms with Gasteiger partial charge in [0.15, 0.2) is 28.7 Å². The number of halogens is 1. The van der Waals surface area contributed by atoms with Gasteiger partial charge in [-0.3, -0.25) is 9.48 Å². The Kier molecular flexibility index (Phi) is 8.02. The second-order valence-electron chi connectivity index (χ2n) is 9.66. The molecule has 1 aliphatic heterocycles. The molecule has 1 amide bonds. The monoisotopic (exact) mass is 564 g/mol. The maximum Gasteiger partial charge on any atom is 0.296 e. The number of aryl methyl sites for hydroxylation is 1. The van der Waals surface area contributed by atoms with Crippen molar-refractivity contribution in [1.29, 1.82) is 0 Å². The van der Waals surface area contributed by atoms with Crippen LogP contribution in [0.5, 0.6) is 23.0 Å². The molecule has 2 aromatic carbocycles. The summed E-state index contributed by atoms with van der Waals surface area (Å²) in [7, 11) is 6.44. The van der Waals surface area contributed by atoms with Crippen LogP contribution in [0.4, 0.5) is 0 Å². The largest absolute Gasteiger partial charge is 0.493 e. The number of allylic oxidation sites excluding steroid dienone is 1. The molecule has 5 rings (SSSR count). The third kappa shape index (κ3) is 5.01. The molecule has 3 aromatic rings. The van der Waals surface area contributed by atoms with Crippen LogP contribution in [0.3, 0.4) is 0 Å². The van der Waals surface area contributed by atoms with Crippen LogP contribution in [0.15, 0.2) is 53.3 Å². The molecule has 0 bridgehead atoms. The molecule has 210 valence electrons. The van der Waals surface area contributed by atoms with Crippen molar-refractivity contribution < 1.29 is 23.7 Å². The first-order chi connectivity index (χ1) is 19.4. The van der Waals surface area contributed by atoms with E-state index in [4.69, 9.17) is 35.6 Å². The molecule has 0 saturated heterocycles. The summed E-state index contributed by atoms with van der Waals surface area (Å²) in [5, 5.41) is 11.3. The number of aromatic nitrogens is 2. The normalized spacial score (nSPS) is 19.3. The van der Waals surface area contributed by atoms with Gasteiger partial charge in [0.2, 0.25) is 0 Å². The molecule has 2 aliphatic rings. The molecule has 1 aromatic heterocycles. The molecule has 2 heterocycles. The zero-order valence-electron chi connectivity index (χ0n) is 23.3. The number of hydrazone groups is 1. The van der Waals surface area contributed by atoms with E-state index in [1.165, 1.54) is 0 Å². The number of nitrogens with zero attached hydrogens (tertiary/aromatic N) is 4. The molecular formula is C30H33ClN4O5. The Morgan fingerprint density at radius 2 is 1.68 bits per heavy atom. The molecule has 2 unspecified atom stereocenters. The quantitative estimate of drug-likeness (QED) is 0.332. The maximum atomic E-state index is 14.0. The van der Waals surface area contributed by atoms with E-state index in [1.807, 2.05) is 43.3 Å². The lowest BCUT2D eigenvalue weighted by Gasteiger charge is -2.29. The molecule has 9 nitrogen and oxygen atoms in total. The van der Waals surface area contributed by atoms with Crippen molar-refractivity contribution in [3.8, 4) is 23.0 Å². The second kappa shape index (κ2) is 11.6. The average Bonchev–Trinajstić information content (AvgIpc) is 3.57. The molecule has 1 saturated carbocycles. The number of hydrogen-bond donors (Lipinski definition) is 0. The SMILES string of the molecule is CCn1cc(Cl)c(C(=O)N2N=C3/C(=C/c4ccc(OC)c(OC)c4)CCCC3C2c2ccc(OC)c(OC)c2)n1. The van der Waals surface area contributed by atoms with Gasteiger partial charge in [-0.15, -0.1) is 0 Å². The minimum Gasteiger partial charge on any atom is -0.493 e. The van der Waals surface area contributed by atoms with Gasteiger partial charge in [0.25, 0.3) is 5.91 Å². The predicted molar refractivity (Wildman–Crippen MR) is 154 cm³/mol. The van der Waals surface area contributed by atoms with Crippen LogP contribution in [0.1, 0.15) is 53.8 Å². The van der Waals surface area contributed by atoms with E-state index >= 15 is 0 Å². The van der Waals surface area contributed by atoms with Crippen LogP contribution in [0.2, 0.25) is 5.02 Å². The molecule has 1 fully saturated rings. The van der Waals surface area contributed by atoms with Gasteiger partial charge in [0.05, 0.1) is 45.2 Å². The first-order valence-electron chi connectivity index (χ1n) is 13.2. The van der Waals surface area contributed by atoms with E-state index in [9.17, 15) is 4.79 Å². The molecule has 10 heteroatoms. The lowest BCUT2D eigenvalue weighted by molar-refractivity contribution is 0.0673. The fraction of sp³-hybridized carbons (Fsp3) is 0.367. The van der Waals surface area contributed by atoms with Crippen molar-refractivity contribution in [1.82, 2.24) is 14.8 Å². The summed E-state index contributed by atoms with van der Waals surface area (Å²) in [4.78, 5) is 14.0. The minimum absolute atomic E-state index is 0.0192. The van der Waals surface area contributed by atoms with Crippen molar-refractivity contribution in [2.24, 2.45) is 11.0 Å². The van der Waals surface area contributed by atoms with Crippen LogP contribution >= 0.6 is 11.6 Å². The number of rotatable bonds is 8. The lowest BCUT2D eigenvalue weighted by atomic mass is 9.77. The molecule has 0 N–H and O–H groups in total. The van der Waals surface area contributed by atoms with Gasteiger partial charge in [-0.1, -0.05) is 23.7 Å². The van der Waals surface area contributed by atoms with Crippen LogP contribution in [-0.4, -0.2) is 54.8 Å². The molecule has 0 spiro atoms. The van der Waals surface area contributed by atoms with Crippen molar-refractivity contribution in [3.63, 3.8) is 0 Å². The minimum atomic E-state index is -0.362. The van der Waals surface area contributed by atoms with E-state index in [0.717, 1.165) is 41.7 Å². The molecule has 40 heavy (non-hydrogen) atoms. The maximum absolute atomic E-state index is 14.0. The van der Waals surface area contributed by atoms with Crippen LogP contribution < -0.4 is 18.9 Å². The number of fused-ring (bicyclic) bond motifs is 1. The van der Waals surface area contributed by atoms with E-state index in [1.54, 1.807) is 44.3 Å². The second-order valence-corrected chi connectivity index (χ2v) is 10.1. The topological polar surface area (TPSA) is 87.4 Å². The summed E-state index contributed by atoms with van der Waals surface area (Å²) < 4.78 is 23.6. The zero-order valence-corrected chi connectivity index (χ0v) is 24.1. The highest BCUT2D eigenvalue weighted by atomic mass is 35.5. The van der Waals surface area contributed by atoms with Crippen molar-refractivity contribution >= 4 is 29.3 Å². The van der Waals surface area contributed by atoms with Gasteiger partial charge < -0.3 is 18.9 Å². The van der Waals surface area contributed by atoms with Gasteiger partial charge in [-0.05, 0) is 73.2 Å². The van der Waals surface area contributed by atoms with Gasteiger partial charge in [-0.25, -0.2) is 5.01 Å². The zero-order chi connectivity index (χ0) is 28.4. The third-order valence-electron chi connectivity index (χ3n) is 7.45. The van der Waals surface area contributed by atoms with E-state index in [0.29, 0.717) is 34.6 Å². The molecule has 0 radical (unpaired) electrons. The van der Waals surface area contributed by atoms with E-state index in [2.05, 4.69) is 11.2 Å². The van der Waals surface area contributed by atoms with E-state index < -0.39 is 0 Å². The Morgan fingerprint density at radius 3 is 2.33 bits per heavy atom. The fourth-order valence-electron chi connectivity index (χ4n) is 5.49. The van der Waals surface area contributed by atoms with Gasteiger partial charge in [0.1, 0.15) is 0 Å². The molecule has 2 atom stereocenters. The summed E-state index contributed by atoms with van der Waals surface area (Å²) >= 11 is 6.47. The molecular weight excluding hydrogens is 532 g/mol. The number of amides is 1. The predicted octanol–water partition coefficient (Wildman–Crippen LogP) is 6.03. The standard InChI is InChI=1S/C30H33ClN4O5/c1-6-34-17-22(31)28(32-34)30(36)35-29(20-11-13-24(38-3)26(16-20)40-5)21-9-7-8-19(27(21)33-35)14-18-10-12-23(37-2)25(15-18)39-4/h10-17,21,29H,6-9H2,1-5H3/b19-14+. The number of carbonyl (C=O) groups excluding carboxylic acids is 1. The first-order valence-corrected chi connectivity index (χ1v) is 13.6. The third-order valence-corrected chi connectivity index (χ3v) is 7.73.